The number of carbonyl (C=O) groups excluding carboxylic acids is 2. The zero-order valence-electron chi connectivity index (χ0n) is 16.4. The molecule has 0 radical (unpaired) electrons. The largest absolute Gasteiger partial charge is 0.405 e. The number of benzene rings is 2. The van der Waals surface area contributed by atoms with Gasteiger partial charge >= 0.3 is 6.18 Å². The minimum absolute atomic E-state index is 0.0459. The van der Waals surface area contributed by atoms with E-state index in [1.807, 2.05) is 0 Å². The Kier molecular flexibility index (Phi) is 6.37. The molecule has 1 aliphatic rings. The van der Waals surface area contributed by atoms with Crippen molar-refractivity contribution < 1.29 is 31.2 Å². The van der Waals surface area contributed by atoms with E-state index in [0.29, 0.717) is 5.56 Å². The van der Waals surface area contributed by atoms with E-state index < -0.39 is 34.6 Å². The molecule has 3 N–H and O–H groups in total. The first-order valence-corrected chi connectivity index (χ1v) is 10.8. The average molecular weight is 455 g/mol. The SMILES string of the molecule is Cc1ccc(S(=O)(=O)NC2CC2)cc1C(=O)Nc1cccc(C(=O)NCC(F)(F)F)c1. The molecule has 0 spiro atoms. The normalized spacial score (nSPS) is 14.2. The highest BCUT2D eigenvalue weighted by Gasteiger charge is 2.29. The van der Waals surface area contributed by atoms with Gasteiger partial charge in [-0.05, 0) is 55.7 Å². The van der Waals surface area contributed by atoms with Crippen LogP contribution in [0.1, 0.15) is 39.1 Å². The summed E-state index contributed by atoms with van der Waals surface area (Å²) in [6, 6.07) is 9.50. The number of aryl methyl sites for hydroxylation is 1. The van der Waals surface area contributed by atoms with Gasteiger partial charge in [0.1, 0.15) is 6.54 Å². The van der Waals surface area contributed by atoms with Crippen molar-refractivity contribution in [1.82, 2.24) is 10.0 Å². The van der Waals surface area contributed by atoms with Gasteiger partial charge in [-0.2, -0.15) is 13.2 Å². The number of carbonyl (C=O) groups is 2. The van der Waals surface area contributed by atoms with Gasteiger partial charge in [0.05, 0.1) is 4.90 Å². The van der Waals surface area contributed by atoms with Crippen LogP contribution < -0.4 is 15.4 Å². The Hall–Kier alpha value is -2.92. The molecular formula is C20H20F3N3O4S. The fourth-order valence-corrected chi connectivity index (χ4v) is 4.05. The molecular weight excluding hydrogens is 435 g/mol. The highest BCUT2D eigenvalue weighted by atomic mass is 32.2. The van der Waals surface area contributed by atoms with Gasteiger partial charge in [-0.1, -0.05) is 12.1 Å². The minimum atomic E-state index is -4.54. The van der Waals surface area contributed by atoms with Gasteiger partial charge in [-0.15, -0.1) is 0 Å². The monoisotopic (exact) mass is 455 g/mol. The third-order valence-corrected chi connectivity index (χ3v) is 6.01. The highest BCUT2D eigenvalue weighted by Crippen LogP contribution is 2.24. The molecule has 2 amide bonds. The smallest absolute Gasteiger partial charge is 0.343 e. The van der Waals surface area contributed by atoms with Crippen molar-refractivity contribution in [2.45, 2.75) is 36.9 Å². The first-order chi connectivity index (χ1) is 14.4. The lowest BCUT2D eigenvalue weighted by atomic mass is 10.1. The molecule has 166 valence electrons. The van der Waals surface area contributed by atoms with Gasteiger partial charge in [0.2, 0.25) is 10.0 Å². The highest BCUT2D eigenvalue weighted by molar-refractivity contribution is 7.89. The average Bonchev–Trinajstić information content (AvgIpc) is 3.49. The van der Waals surface area contributed by atoms with Crippen LogP contribution >= 0.6 is 0 Å². The lowest BCUT2D eigenvalue weighted by Gasteiger charge is -2.12. The summed E-state index contributed by atoms with van der Waals surface area (Å²) in [7, 11) is -3.75. The molecule has 31 heavy (non-hydrogen) atoms. The summed E-state index contributed by atoms with van der Waals surface area (Å²) in [6.45, 7) is 0.165. The summed E-state index contributed by atoms with van der Waals surface area (Å²) in [5.41, 5.74) is 0.754. The van der Waals surface area contributed by atoms with E-state index in [2.05, 4.69) is 10.0 Å². The van der Waals surface area contributed by atoms with Crippen molar-refractivity contribution in [2.24, 2.45) is 0 Å². The van der Waals surface area contributed by atoms with E-state index in [1.165, 1.54) is 42.5 Å². The van der Waals surface area contributed by atoms with Gasteiger partial charge in [0.15, 0.2) is 0 Å². The van der Waals surface area contributed by atoms with Crippen LogP contribution in [0.15, 0.2) is 47.4 Å². The fourth-order valence-electron chi connectivity index (χ4n) is 2.72. The third-order valence-electron chi connectivity index (χ3n) is 4.50. The van der Waals surface area contributed by atoms with Crippen LogP contribution in [-0.4, -0.2) is 39.0 Å². The summed E-state index contributed by atoms with van der Waals surface area (Å²) < 4.78 is 64.2. The summed E-state index contributed by atoms with van der Waals surface area (Å²) in [5.74, 6) is -1.56. The van der Waals surface area contributed by atoms with Crippen LogP contribution in [0.2, 0.25) is 0 Å². The molecule has 0 heterocycles. The number of hydrogen-bond donors (Lipinski definition) is 3. The second-order valence-electron chi connectivity index (χ2n) is 7.21. The number of anilines is 1. The van der Waals surface area contributed by atoms with E-state index >= 15 is 0 Å². The second-order valence-corrected chi connectivity index (χ2v) is 8.92. The van der Waals surface area contributed by atoms with Crippen LogP contribution in [0.3, 0.4) is 0 Å². The first-order valence-electron chi connectivity index (χ1n) is 9.34. The summed E-state index contributed by atoms with van der Waals surface area (Å²) in [5, 5.41) is 4.30. The molecule has 0 aromatic heterocycles. The molecule has 7 nitrogen and oxygen atoms in total. The molecule has 2 aromatic carbocycles. The van der Waals surface area contributed by atoms with E-state index in [0.717, 1.165) is 12.8 Å². The van der Waals surface area contributed by atoms with Crippen molar-refractivity contribution in [3.05, 3.63) is 59.2 Å². The Balaban J connectivity index is 1.75. The van der Waals surface area contributed by atoms with Gasteiger partial charge < -0.3 is 10.6 Å². The van der Waals surface area contributed by atoms with Crippen molar-refractivity contribution in [3.63, 3.8) is 0 Å². The van der Waals surface area contributed by atoms with Crippen molar-refractivity contribution >= 4 is 27.5 Å². The molecule has 1 aliphatic carbocycles. The van der Waals surface area contributed by atoms with Crippen molar-refractivity contribution in [2.75, 3.05) is 11.9 Å². The summed E-state index contributed by atoms with van der Waals surface area (Å²) in [6.07, 6.45) is -3.00. The van der Waals surface area contributed by atoms with Gasteiger partial charge in [0, 0.05) is 22.9 Å². The Morgan fingerprint density at radius 2 is 1.77 bits per heavy atom. The third kappa shape index (κ3) is 6.28. The lowest BCUT2D eigenvalue weighted by molar-refractivity contribution is -0.123. The molecule has 0 bridgehead atoms. The topological polar surface area (TPSA) is 104 Å². The van der Waals surface area contributed by atoms with E-state index in [4.69, 9.17) is 0 Å². The van der Waals surface area contributed by atoms with Crippen LogP contribution in [0.4, 0.5) is 18.9 Å². The quantitative estimate of drug-likeness (QED) is 0.597. The lowest BCUT2D eigenvalue weighted by Crippen LogP contribution is -2.33. The Morgan fingerprint density at radius 1 is 1.06 bits per heavy atom. The maximum absolute atomic E-state index is 12.7. The molecule has 3 rings (SSSR count). The first kappa shape index (κ1) is 22.8. The van der Waals surface area contributed by atoms with E-state index in [-0.39, 0.29) is 27.8 Å². The molecule has 1 saturated carbocycles. The predicted molar refractivity (Wildman–Crippen MR) is 107 cm³/mol. The molecule has 1 fully saturated rings. The van der Waals surface area contributed by atoms with Crippen LogP contribution in [0.25, 0.3) is 0 Å². The molecule has 11 heteroatoms. The van der Waals surface area contributed by atoms with Gasteiger partial charge in [0.25, 0.3) is 11.8 Å². The maximum atomic E-state index is 12.7. The molecule has 0 aliphatic heterocycles. The van der Waals surface area contributed by atoms with Crippen LogP contribution in [0.5, 0.6) is 0 Å². The standard InChI is InChI=1S/C20H20F3N3O4S/c1-12-5-8-16(31(29,30)26-14-6-7-14)10-17(12)19(28)25-15-4-2-3-13(9-15)18(27)24-11-20(21,22)23/h2-5,8-10,14,26H,6-7,11H2,1H3,(H,24,27)(H,25,28). The Labute approximate surface area is 177 Å². The zero-order chi connectivity index (χ0) is 22.8. The Morgan fingerprint density at radius 3 is 2.42 bits per heavy atom. The van der Waals surface area contributed by atoms with E-state index in [1.54, 1.807) is 12.2 Å². The number of alkyl halides is 3. The summed E-state index contributed by atoms with van der Waals surface area (Å²) >= 11 is 0. The van der Waals surface area contributed by atoms with Gasteiger partial charge in [-0.25, -0.2) is 13.1 Å². The maximum Gasteiger partial charge on any atom is 0.405 e. The molecule has 0 unspecified atom stereocenters. The zero-order valence-corrected chi connectivity index (χ0v) is 17.2. The number of hydrogen-bond acceptors (Lipinski definition) is 4. The number of nitrogens with one attached hydrogen (secondary N) is 3. The number of halogens is 3. The molecule has 0 saturated heterocycles. The number of sulfonamides is 1. The minimum Gasteiger partial charge on any atom is -0.343 e. The molecule has 0 atom stereocenters. The Bertz CT molecular complexity index is 1110. The molecule has 2 aromatic rings. The number of amides is 2. The number of rotatable bonds is 7. The summed E-state index contributed by atoms with van der Waals surface area (Å²) in [4.78, 5) is 24.6. The van der Waals surface area contributed by atoms with E-state index in [9.17, 15) is 31.2 Å². The van der Waals surface area contributed by atoms with Crippen LogP contribution in [-0.2, 0) is 10.0 Å². The van der Waals surface area contributed by atoms with Crippen molar-refractivity contribution in [1.29, 1.82) is 0 Å². The van der Waals surface area contributed by atoms with Crippen molar-refractivity contribution in [3.8, 4) is 0 Å². The van der Waals surface area contributed by atoms with Gasteiger partial charge in [-0.3, -0.25) is 9.59 Å². The fraction of sp³-hybridized carbons (Fsp3) is 0.300. The van der Waals surface area contributed by atoms with Crippen LogP contribution in [0, 0.1) is 6.92 Å². The second kappa shape index (κ2) is 8.67. The predicted octanol–water partition coefficient (Wildman–Crippen LogP) is 2.98.